The van der Waals surface area contributed by atoms with Crippen LogP contribution in [0.3, 0.4) is 0 Å². The lowest BCUT2D eigenvalue weighted by Gasteiger charge is -2.01. The van der Waals surface area contributed by atoms with Crippen LogP contribution in [0.4, 0.5) is 4.39 Å². The van der Waals surface area contributed by atoms with Crippen LogP contribution in [-0.2, 0) is 0 Å². The second kappa shape index (κ2) is 3.45. The standard InChI is InChI=1S/C9H7FN2O2/c10-4-14-6-1-2-7-8(3-6)11-5-12-9(7)13/h1-3,5H,4H2,(H,11,12,13). The summed E-state index contributed by atoms with van der Waals surface area (Å²) in [5.74, 6) is 0.359. The molecule has 1 N–H and O–H groups in total. The van der Waals surface area contributed by atoms with Crippen LogP contribution in [0.5, 0.6) is 5.75 Å². The molecule has 0 fully saturated rings. The zero-order valence-corrected chi connectivity index (χ0v) is 7.16. The number of fused-ring (bicyclic) bond motifs is 1. The van der Waals surface area contributed by atoms with Gasteiger partial charge in [-0.1, -0.05) is 0 Å². The van der Waals surface area contributed by atoms with Gasteiger partial charge >= 0.3 is 0 Å². The van der Waals surface area contributed by atoms with Crippen LogP contribution < -0.4 is 10.3 Å². The van der Waals surface area contributed by atoms with E-state index in [1.54, 1.807) is 6.07 Å². The summed E-state index contributed by atoms with van der Waals surface area (Å²) in [6, 6.07) is 4.59. The van der Waals surface area contributed by atoms with Gasteiger partial charge in [0.25, 0.3) is 5.56 Å². The van der Waals surface area contributed by atoms with Crippen LogP contribution >= 0.6 is 0 Å². The minimum absolute atomic E-state index is 0.221. The van der Waals surface area contributed by atoms with Crippen molar-refractivity contribution in [3.05, 3.63) is 34.9 Å². The molecule has 1 aromatic carbocycles. The highest BCUT2D eigenvalue weighted by atomic mass is 19.1. The first-order valence-corrected chi connectivity index (χ1v) is 3.97. The van der Waals surface area contributed by atoms with E-state index >= 15 is 0 Å². The molecule has 0 amide bonds. The van der Waals surface area contributed by atoms with E-state index in [9.17, 15) is 9.18 Å². The number of benzene rings is 1. The van der Waals surface area contributed by atoms with Crippen molar-refractivity contribution in [2.24, 2.45) is 0 Å². The Labute approximate surface area is 78.4 Å². The molecule has 4 nitrogen and oxygen atoms in total. The minimum Gasteiger partial charge on any atom is -0.463 e. The summed E-state index contributed by atoms with van der Waals surface area (Å²) in [6.45, 7) is -0.894. The van der Waals surface area contributed by atoms with E-state index in [0.717, 1.165) is 0 Å². The van der Waals surface area contributed by atoms with E-state index in [4.69, 9.17) is 0 Å². The second-order valence-electron chi connectivity index (χ2n) is 2.66. The molecule has 0 aliphatic rings. The first-order valence-electron chi connectivity index (χ1n) is 3.97. The molecular formula is C9H7FN2O2. The van der Waals surface area contributed by atoms with Gasteiger partial charge in [-0.25, -0.2) is 9.37 Å². The number of hydrogen-bond donors (Lipinski definition) is 1. The highest BCUT2D eigenvalue weighted by Gasteiger charge is 2.00. The number of H-pyrrole nitrogens is 1. The van der Waals surface area contributed by atoms with Gasteiger partial charge in [0, 0.05) is 6.07 Å². The van der Waals surface area contributed by atoms with E-state index in [1.807, 2.05) is 0 Å². The van der Waals surface area contributed by atoms with E-state index in [0.29, 0.717) is 16.7 Å². The second-order valence-corrected chi connectivity index (χ2v) is 2.66. The number of aromatic nitrogens is 2. The average Bonchev–Trinajstić information content (AvgIpc) is 2.18. The monoisotopic (exact) mass is 194 g/mol. The van der Waals surface area contributed by atoms with Gasteiger partial charge in [-0.3, -0.25) is 4.79 Å². The highest BCUT2D eigenvalue weighted by Crippen LogP contribution is 2.15. The quantitative estimate of drug-likeness (QED) is 0.782. The summed E-state index contributed by atoms with van der Waals surface area (Å²) < 4.78 is 16.5. The predicted molar refractivity (Wildman–Crippen MR) is 49.0 cm³/mol. The fourth-order valence-electron chi connectivity index (χ4n) is 1.20. The predicted octanol–water partition coefficient (Wildman–Crippen LogP) is 1.23. The van der Waals surface area contributed by atoms with Gasteiger partial charge in [-0.2, -0.15) is 0 Å². The third kappa shape index (κ3) is 1.44. The first kappa shape index (κ1) is 8.68. The normalized spacial score (nSPS) is 10.4. The maximum atomic E-state index is 11.8. The SMILES string of the molecule is O=c1[nH]cnc2cc(OCF)ccc12. The van der Waals surface area contributed by atoms with Gasteiger partial charge in [-0.05, 0) is 12.1 Å². The van der Waals surface area contributed by atoms with Gasteiger partial charge in [-0.15, -0.1) is 0 Å². The van der Waals surface area contributed by atoms with E-state index in [-0.39, 0.29) is 5.56 Å². The molecule has 1 aromatic heterocycles. The van der Waals surface area contributed by atoms with Crippen molar-refractivity contribution < 1.29 is 9.13 Å². The Bertz CT molecular complexity index is 509. The van der Waals surface area contributed by atoms with Crippen molar-refractivity contribution in [1.29, 1.82) is 0 Å². The molecule has 1 heterocycles. The number of hydrogen-bond acceptors (Lipinski definition) is 3. The van der Waals surface area contributed by atoms with Crippen LogP contribution in [-0.4, -0.2) is 16.8 Å². The molecule has 2 rings (SSSR count). The molecule has 0 spiro atoms. The number of halogens is 1. The number of nitrogens with one attached hydrogen (secondary N) is 1. The zero-order valence-electron chi connectivity index (χ0n) is 7.16. The molecule has 0 unspecified atom stereocenters. The van der Waals surface area contributed by atoms with Crippen molar-refractivity contribution in [1.82, 2.24) is 9.97 Å². The molecule has 72 valence electrons. The van der Waals surface area contributed by atoms with Crippen molar-refractivity contribution in [2.45, 2.75) is 0 Å². The smallest absolute Gasteiger partial charge is 0.258 e. The number of aromatic amines is 1. The van der Waals surface area contributed by atoms with Crippen molar-refractivity contribution >= 4 is 10.9 Å². The molecular weight excluding hydrogens is 187 g/mol. The Balaban J connectivity index is 2.61. The van der Waals surface area contributed by atoms with Gasteiger partial charge in [0.2, 0.25) is 6.86 Å². The Morgan fingerprint density at radius 1 is 1.50 bits per heavy atom. The van der Waals surface area contributed by atoms with Gasteiger partial charge in [0.1, 0.15) is 5.75 Å². The van der Waals surface area contributed by atoms with Gasteiger partial charge in [0.05, 0.1) is 17.2 Å². The molecule has 2 aromatic rings. The lowest BCUT2D eigenvalue weighted by atomic mass is 10.2. The van der Waals surface area contributed by atoms with Crippen LogP contribution in [0.25, 0.3) is 10.9 Å². The summed E-state index contributed by atoms with van der Waals surface area (Å²) in [4.78, 5) is 17.6. The van der Waals surface area contributed by atoms with Crippen LogP contribution in [0, 0.1) is 0 Å². The summed E-state index contributed by atoms with van der Waals surface area (Å²) >= 11 is 0. The fourth-order valence-corrected chi connectivity index (χ4v) is 1.20. The van der Waals surface area contributed by atoms with E-state index < -0.39 is 6.86 Å². The Kier molecular flexibility index (Phi) is 2.14. The van der Waals surface area contributed by atoms with Crippen molar-refractivity contribution in [3.63, 3.8) is 0 Å². The molecule has 5 heteroatoms. The zero-order chi connectivity index (χ0) is 9.97. The third-order valence-corrected chi connectivity index (χ3v) is 1.83. The Morgan fingerprint density at radius 2 is 2.36 bits per heavy atom. The topological polar surface area (TPSA) is 55.0 Å². The van der Waals surface area contributed by atoms with E-state index in [1.165, 1.54) is 18.5 Å². The van der Waals surface area contributed by atoms with Gasteiger partial charge < -0.3 is 9.72 Å². The highest BCUT2D eigenvalue weighted by molar-refractivity contribution is 5.78. The van der Waals surface area contributed by atoms with Crippen molar-refractivity contribution in [2.75, 3.05) is 6.86 Å². The average molecular weight is 194 g/mol. The molecule has 0 aliphatic heterocycles. The maximum Gasteiger partial charge on any atom is 0.258 e. The number of ether oxygens (including phenoxy) is 1. The maximum absolute atomic E-state index is 11.8. The Hall–Kier alpha value is -1.91. The lowest BCUT2D eigenvalue weighted by molar-refractivity contribution is 0.192. The van der Waals surface area contributed by atoms with E-state index in [2.05, 4.69) is 14.7 Å². The Morgan fingerprint density at radius 3 is 3.14 bits per heavy atom. The molecule has 0 bridgehead atoms. The summed E-state index contributed by atoms with van der Waals surface area (Å²) in [5.41, 5.74) is 0.265. The molecule has 0 saturated heterocycles. The lowest BCUT2D eigenvalue weighted by Crippen LogP contribution is -2.06. The molecule has 0 radical (unpaired) electrons. The minimum atomic E-state index is -0.894. The number of nitrogens with zero attached hydrogens (tertiary/aromatic N) is 1. The molecule has 0 aliphatic carbocycles. The molecule has 0 atom stereocenters. The summed E-state index contributed by atoms with van der Waals surface area (Å²) in [6.07, 6.45) is 1.30. The summed E-state index contributed by atoms with van der Waals surface area (Å²) in [5, 5.41) is 0.457. The molecule has 14 heavy (non-hydrogen) atoms. The fraction of sp³-hybridized carbons (Fsp3) is 0.111. The largest absolute Gasteiger partial charge is 0.463 e. The molecule has 0 saturated carbocycles. The van der Waals surface area contributed by atoms with Crippen LogP contribution in [0.2, 0.25) is 0 Å². The first-order chi connectivity index (χ1) is 6.81. The van der Waals surface area contributed by atoms with Crippen LogP contribution in [0.1, 0.15) is 0 Å². The van der Waals surface area contributed by atoms with Crippen molar-refractivity contribution in [3.8, 4) is 5.75 Å². The van der Waals surface area contributed by atoms with Crippen LogP contribution in [0.15, 0.2) is 29.3 Å². The third-order valence-electron chi connectivity index (χ3n) is 1.83. The van der Waals surface area contributed by atoms with Gasteiger partial charge in [0.15, 0.2) is 0 Å². The number of rotatable bonds is 2. The number of alkyl halides is 1. The summed E-state index contributed by atoms with van der Waals surface area (Å²) in [7, 11) is 0.